The highest BCUT2D eigenvalue weighted by Gasteiger charge is 2.05. The molecule has 0 bridgehead atoms. The minimum absolute atomic E-state index is 0.587. The van der Waals surface area contributed by atoms with E-state index in [1.54, 1.807) is 12.3 Å². The molecule has 0 saturated carbocycles. The molecule has 24 heavy (non-hydrogen) atoms. The zero-order valence-corrected chi connectivity index (χ0v) is 14.7. The third-order valence-electron chi connectivity index (χ3n) is 3.74. The van der Waals surface area contributed by atoms with Gasteiger partial charge in [-0.05, 0) is 56.0 Å². The van der Waals surface area contributed by atoms with E-state index in [0.29, 0.717) is 10.6 Å². The van der Waals surface area contributed by atoms with Gasteiger partial charge in [0, 0.05) is 23.1 Å². The van der Waals surface area contributed by atoms with Crippen molar-refractivity contribution in [2.45, 2.75) is 26.7 Å². The molecule has 0 fully saturated rings. The van der Waals surface area contributed by atoms with Crippen molar-refractivity contribution < 1.29 is 0 Å². The largest absolute Gasteiger partial charge is 0.305 e. The van der Waals surface area contributed by atoms with Gasteiger partial charge >= 0.3 is 0 Å². The average molecular weight is 338 g/mol. The van der Waals surface area contributed by atoms with Gasteiger partial charge in [-0.25, -0.2) is 4.98 Å². The molecule has 3 nitrogen and oxygen atoms in total. The summed E-state index contributed by atoms with van der Waals surface area (Å²) in [4.78, 5) is 4.22. The number of rotatable bonds is 6. The fraction of sp³-hybridized carbons (Fsp3) is 0.200. The molecule has 0 spiro atoms. The molecule has 0 atom stereocenters. The van der Waals surface area contributed by atoms with E-state index < -0.39 is 0 Å². The highest BCUT2D eigenvalue weighted by atomic mass is 35.5. The monoisotopic (exact) mass is 337 g/mol. The first kappa shape index (κ1) is 17.8. The van der Waals surface area contributed by atoms with E-state index in [1.807, 2.05) is 42.8 Å². The number of nitrogens with zero attached hydrogens (tertiary/aromatic N) is 3. The van der Waals surface area contributed by atoms with Crippen LogP contribution >= 0.6 is 11.6 Å². The Hall–Kier alpha value is -2.57. The highest BCUT2D eigenvalue weighted by Crippen LogP contribution is 2.20. The second kappa shape index (κ2) is 8.33. The fourth-order valence-electron chi connectivity index (χ4n) is 2.53. The van der Waals surface area contributed by atoms with E-state index in [9.17, 15) is 5.26 Å². The third kappa shape index (κ3) is 4.47. The summed E-state index contributed by atoms with van der Waals surface area (Å²) in [6, 6.07) is 7.67. The van der Waals surface area contributed by atoms with Crippen LogP contribution in [0.1, 0.15) is 30.3 Å². The molecule has 2 aromatic rings. The quantitative estimate of drug-likeness (QED) is 0.669. The Kier molecular flexibility index (Phi) is 6.17. The van der Waals surface area contributed by atoms with Crippen LogP contribution in [0.15, 0.2) is 61.0 Å². The molecular weight excluding hydrogens is 318 g/mol. The molecule has 0 aliphatic carbocycles. The topological polar surface area (TPSA) is 41.6 Å². The number of aromatic nitrogens is 2. The summed E-state index contributed by atoms with van der Waals surface area (Å²) in [5.74, 6) is 0.903. The van der Waals surface area contributed by atoms with Gasteiger partial charge in [0.2, 0.25) is 0 Å². The summed E-state index contributed by atoms with van der Waals surface area (Å²) in [5, 5.41) is 9.84. The van der Waals surface area contributed by atoms with Gasteiger partial charge < -0.3 is 4.57 Å². The van der Waals surface area contributed by atoms with Gasteiger partial charge in [0.1, 0.15) is 5.82 Å². The molecule has 122 valence electrons. The Labute approximate surface area is 148 Å². The fourth-order valence-corrected chi connectivity index (χ4v) is 2.70. The molecule has 0 aliphatic heterocycles. The van der Waals surface area contributed by atoms with Crippen LogP contribution in [0.3, 0.4) is 0 Å². The van der Waals surface area contributed by atoms with E-state index >= 15 is 0 Å². The molecule has 2 rings (SSSR count). The van der Waals surface area contributed by atoms with Gasteiger partial charge in [-0.3, -0.25) is 0 Å². The smallest absolute Gasteiger partial charge is 0.110 e. The Morgan fingerprint density at radius 3 is 2.88 bits per heavy atom. The molecule has 0 aliphatic rings. The number of hydrogen-bond acceptors (Lipinski definition) is 2. The predicted octanol–water partition coefficient (Wildman–Crippen LogP) is 5.32. The lowest BCUT2D eigenvalue weighted by molar-refractivity contribution is 0.953. The molecule has 1 aromatic carbocycles. The molecular formula is C20H20ClN3. The van der Waals surface area contributed by atoms with Crippen molar-refractivity contribution in [3.05, 3.63) is 82.9 Å². The first-order chi connectivity index (χ1) is 11.5. The van der Waals surface area contributed by atoms with Gasteiger partial charge in [0.15, 0.2) is 0 Å². The number of imidazole rings is 1. The number of halogens is 1. The van der Waals surface area contributed by atoms with Crippen LogP contribution < -0.4 is 0 Å². The second-order valence-electron chi connectivity index (χ2n) is 5.47. The molecule has 0 amide bonds. The van der Waals surface area contributed by atoms with Crippen molar-refractivity contribution in [1.29, 1.82) is 5.26 Å². The number of hydrogen-bond donors (Lipinski definition) is 0. The van der Waals surface area contributed by atoms with E-state index in [2.05, 4.69) is 29.8 Å². The minimum Gasteiger partial charge on any atom is -0.305 e. The summed E-state index contributed by atoms with van der Waals surface area (Å²) in [5.41, 5.74) is 3.65. The van der Waals surface area contributed by atoms with Crippen LogP contribution in [0.4, 0.5) is 0 Å². The van der Waals surface area contributed by atoms with Gasteiger partial charge in [-0.1, -0.05) is 36.4 Å². The van der Waals surface area contributed by atoms with Crippen molar-refractivity contribution in [3.63, 3.8) is 0 Å². The number of nitriles is 1. The zero-order chi connectivity index (χ0) is 17.5. The maximum Gasteiger partial charge on any atom is 0.110 e. The van der Waals surface area contributed by atoms with Crippen molar-refractivity contribution in [2.75, 3.05) is 0 Å². The van der Waals surface area contributed by atoms with E-state index in [0.717, 1.165) is 35.5 Å². The Balaban J connectivity index is 2.18. The first-order valence-corrected chi connectivity index (χ1v) is 8.14. The maximum atomic E-state index is 9.25. The predicted molar refractivity (Wildman–Crippen MR) is 99.7 cm³/mol. The zero-order valence-electron chi connectivity index (χ0n) is 14.0. The lowest BCUT2D eigenvalue weighted by Crippen LogP contribution is -1.97. The van der Waals surface area contributed by atoms with Crippen molar-refractivity contribution >= 4 is 17.3 Å². The van der Waals surface area contributed by atoms with Crippen LogP contribution in [-0.4, -0.2) is 9.55 Å². The summed E-state index contributed by atoms with van der Waals surface area (Å²) in [6.45, 7) is 8.06. The molecule has 4 heteroatoms. The van der Waals surface area contributed by atoms with E-state index in [1.165, 1.54) is 0 Å². The summed E-state index contributed by atoms with van der Waals surface area (Å²) < 4.78 is 1.95. The third-order valence-corrected chi connectivity index (χ3v) is 3.98. The normalized spacial score (nSPS) is 11.7. The van der Waals surface area contributed by atoms with Gasteiger partial charge in [0.25, 0.3) is 0 Å². The minimum atomic E-state index is 0.587. The molecule has 0 saturated heterocycles. The maximum absolute atomic E-state index is 9.25. The lowest BCUT2D eigenvalue weighted by atomic mass is 9.99. The van der Waals surface area contributed by atoms with Crippen LogP contribution in [0, 0.1) is 18.3 Å². The van der Waals surface area contributed by atoms with E-state index in [-0.39, 0.29) is 0 Å². The average Bonchev–Trinajstić information content (AvgIpc) is 2.99. The number of aryl methyl sites for hydroxylation is 2. The standard InChI is InChI=1S/C20H20ClN3/c1-4-5-17(12-15(2)24-11-10-23-16(24)3)6-7-18-8-9-20(21)13-19(18)14-22/h4-5,8-13H,2,6-7H2,1,3H3/b5-4-,17-12+. The molecule has 1 heterocycles. The van der Waals surface area contributed by atoms with Crippen LogP contribution in [0.25, 0.3) is 5.70 Å². The molecule has 0 N–H and O–H groups in total. The molecule has 1 aromatic heterocycles. The lowest BCUT2D eigenvalue weighted by Gasteiger charge is -2.09. The van der Waals surface area contributed by atoms with Gasteiger partial charge in [0.05, 0.1) is 11.6 Å². The molecule has 0 unspecified atom stereocenters. The van der Waals surface area contributed by atoms with Crippen molar-refractivity contribution in [2.24, 2.45) is 0 Å². The summed E-state index contributed by atoms with van der Waals surface area (Å²) in [6.07, 6.45) is 11.4. The van der Waals surface area contributed by atoms with Crippen LogP contribution in [0.5, 0.6) is 0 Å². The van der Waals surface area contributed by atoms with Crippen LogP contribution in [0.2, 0.25) is 5.02 Å². The Morgan fingerprint density at radius 1 is 1.46 bits per heavy atom. The SMILES string of the molecule is C=C(/C=C(\C=C/C)CCc1ccc(Cl)cc1C#N)n1ccnc1C. The number of benzene rings is 1. The second-order valence-corrected chi connectivity index (χ2v) is 5.90. The Morgan fingerprint density at radius 2 is 2.25 bits per heavy atom. The van der Waals surface area contributed by atoms with Gasteiger partial charge in [-0.2, -0.15) is 5.26 Å². The van der Waals surface area contributed by atoms with Crippen molar-refractivity contribution in [1.82, 2.24) is 9.55 Å². The van der Waals surface area contributed by atoms with Crippen LogP contribution in [-0.2, 0) is 6.42 Å². The number of allylic oxidation sites excluding steroid dienone is 5. The summed E-state index contributed by atoms with van der Waals surface area (Å²) in [7, 11) is 0. The van der Waals surface area contributed by atoms with E-state index in [4.69, 9.17) is 11.6 Å². The van der Waals surface area contributed by atoms with Crippen molar-refractivity contribution in [3.8, 4) is 6.07 Å². The van der Waals surface area contributed by atoms with Gasteiger partial charge in [-0.15, -0.1) is 0 Å². The summed E-state index contributed by atoms with van der Waals surface area (Å²) >= 11 is 5.95. The highest BCUT2D eigenvalue weighted by molar-refractivity contribution is 6.30. The first-order valence-electron chi connectivity index (χ1n) is 7.76. The molecule has 0 radical (unpaired) electrons. The Bertz CT molecular complexity index is 835.